The summed E-state index contributed by atoms with van der Waals surface area (Å²) in [6.45, 7) is 4.14. The Morgan fingerprint density at radius 3 is 2.69 bits per heavy atom. The summed E-state index contributed by atoms with van der Waals surface area (Å²) < 4.78 is 4.94. The van der Waals surface area contributed by atoms with E-state index < -0.39 is 6.04 Å². The van der Waals surface area contributed by atoms with Gasteiger partial charge in [0, 0.05) is 11.1 Å². The van der Waals surface area contributed by atoms with Crippen LogP contribution in [0.25, 0.3) is 10.9 Å². The first-order chi connectivity index (χ1) is 12.6. The fourth-order valence-electron chi connectivity index (χ4n) is 2.82. The highest BCUT2D eigenvalue weighted by Gasteiger charge is 2.15. The molecule has 3 aromatic rings. The molecular formula is C20H22N4O2. The van der Waals surface area contributed by atoms with Crippen LogP contribution in [0.15, 0.2) is 48.8 Å². The molecule has 0 aliphatic heterocycles. The average molecular weight is 350 g/mol. The summed E-state index contributed by atoms with van der Waals surface area (Å²) in [5, 5.41) is 4.34. The molecule has 1 atom stereocenters. The molecule has 0 bridgehead atoms. The van der Waals surface area contributed by atoms with Gasteiger partial charge in [0.05, 0.1) is 12.1 Å². The smallest absolute Gasteiger partial charge is 0.323 e. The van der Waals surface area contributed by atoms with Gasteiger partial charge in [0.25, 0.3) is 0 Å². The molecule has 2 aromatic carbocycles. The summed E-state index contributed by atoms with van der Waals surface area (Å²) in [5.41, 5.74) is 9.76. The van der Waals surface area contributed by atoms with Crippen molar-refractivity contribution >= 4 is 28.4 Å². The lowest BCUT2D eigenvalue weighted by Crippen LogP contribution is -2.34. The minimum absolute atomic E-state index is 0.335. The van der Waals surface area contributed by atoms with Crippen molar-refractivity contribution in [3.63, 3.8) is 0 Å². The molecule has 6 heteroatoms. The first kappa shape index (κ1) is 17.8. The molecule has 3 N–H and O–H groups in total. The van der Waals surface area contributed by atoms with Gasteiger partial charge in [-0.05, 0) is 49.6 Å². The van der Waals surface area contributed by atoms with Crippen molar-refractivity contribution in [2.75, 3.05) is 11.9 Å². The summed E-state index contributed by atoms with van der Waals surface area (Å²) in [6.07, 6.45) is 1.99. The number of anilines is 2. The molecule has 3 rings (SSSR count). The van der Waals surface area contributed by atoms with Crippen LogP contribution in [-0.4, -0.2) is 28.6 Å². The van der Waals surface area contributed by atoms with Gasteiger partial charge in [-0.25, -0.2) is 9.97 Å². The Balaban J connectivity index is 1.75. The van der Waals surface area contributed by atoms with Gasteiger partial charge >= 0.3 is 5.97 Å². The minimum atomic E-state index is -0.651. The Morgan fingerprint density at radius 2 is 1.96 bits per heavy atom. The summed E-state index contributed by atoms with van der Waals surface area (Å²) >= 11 is 0. The summed E-state index contributed by atoms with van der Waals surface area (Å²) in [7, 11) is 0. The van der Waals surface area contributed by atoms with Crippen molar-refractivity contribution in [1.29, 1.82) is 0 Å². The molecule has 1 unspecified atom stereocenters. The number of carbonyl (C=O) groups excluding carboxylic acids is 1. The molecule has 1 aromatic heterocycles. The van der Waals surface area contributed by atoms with Crippen LogP contribution >= 0.6 is 0 Å². The van der Waals surface area contributed by atoms with E-state index in [9.17, 15) is 4.79 Å². The van der Waals surface area contributed by atoms with E-state index in [4.69, 9.17) is 10.5 Å². The van der Waals surface area contributed by atoms with Gasteiger partial charge in [0.1, 0.15) is 18.2 Å². The molecule has 0 saturated heterocycles. The highest BCUT2D eigenvalue weighted by Crippen LogP contribution is 2.26. The Bertz CT molecular complexity index is 904. The zero-order chi connectivity index (χ0) is 18.5. The van der Waals surface area contributed by atoms with Crippen LogP contribution in [0, 0.1) is 6.92 Å². The third-order valence-electron chi connectivity index (χ3n) is 4.13. The van der Waals surface area contributed by atoms with Crippen molar-refractivity contribution in [2.24, 2.45) is 5.73 Å². The second-order valence-corrected chi connectivity index (χ2v) is 6.08. The van der Waals surface area contributed by atoms with Crippen LogP contribution in [-0.2, 0) is 16.0 Å². The van der Waals surface area contributed by atoms with Crippen molar-refractivity contribution in [3.8, 4) is 0 Å². The second kappa shape index (κ2) is 7.93. The average Bonchev–Trinajstić information content (AvgIpc) is 2.64. The number of fused-ring (bicyclic) bond motifs is 1. The fraction of sp³-hybridized carbons (Fsp3) is 0.250. The fourth-order valence-corrected chi connectivity index (χ4v) is 2.82. The lowest BCUT2D eigenvalue weighted by molar-refractivity contribution is -0.144. The van der Waals surface area contributed by atoms with Gasteiger partial charge in [-0.2, -0.15) is 0 Å². The van der Waals surface area contributed by atoms with E-state index in [1.54, 1.807) is 13.3 Å². The molecule has 0 radical (unpaired) electrons. The lowest BCUT2D eigenvalue weighted by Gasteiger charge is -2.12. The standard InChI is InChI=1S/C20H22N4O2/c1-3-26-20(25)16(21)11-14-7-9-15(10-8-14)24-19-18-13(2)5-4-6-17(18)22-12-23-19/h4-10,12,16H,3,11,21H2,1-2H3,(H,22,23,24). The van der Waals surface area contributed by atoms with Crippen LogP contribution in [0.2, 0.25) is 0 Å². The van der Waals surface area contributed by atoms with Gasteiger partial charge in [0.2, 0.25) is 0 Å². The quantitative estimate of drug-likeness (QED) is 0.664. The van der Waals surface area contributed by atoms with E-state index in [1.165, 1.54) is 0 Å². The summed E-state index contributed by atoms with van der Waals surface area (Å²) in [4.78, 5) is 20.3. The highest BCUT2D eigenvalue weighted by atomic mass is 16.5. The normalized spacial score (nSPS) is 12.0. The van der Waals surface area contributed by atoms with Crippen LogP contribution in [0.1, 0.15) is 18.1 Å². The van der Waals surface area contributed by atoms with E-state index >= 15 is 0 Å². The zero-order valence-electron chi connectivity index (χ0n) is 14.9. The van der Waals surface area contributed by atoms with Crippen molar-refractivity contribution in [2.45, 2.75) is 26.3 Å². The number of rotatable bonds is 6. The molecule has 0 fully saturated rings. The largest absolute Gasteiger partial charge is 0.465 e. The monoisotopic (exact) mass is 350 g/mol. The van der Waals surface area contributed by atoms with Gasteiger partial charge in [-0.15, -0.1) is 0 Å². The Kier molecular flexibility index (Phi) is 5.43. The van der Waals surface area contributed by atoms with Crippen molar-refractivity contribution in [3.05, 3.63) is 59.9 Å². The SMILES string of the molecule is CCOC(=O)C(N)Cc1ccc(Nc2ncnc3cccc(C)c23)cc1. The van der Waals surface area contributed by atoms with E-state index in [0.29, 0.717) is 13.0 Å². The van der Waals surface area contributed by atoms with E-state index in [0.717, 1.165) is 33.5 Å². The van der Waals surface area contributed by atoms with Crippen LogP contribution in [0.4, 0.5) is 11.5 Å². The molecule has 134 valence electrons. The highest BCUT2D eigenvalue weighted by molar-refractivity contribution is 5.93. The number of nitrogens with two attached hydrogens (primary N) is 1. The van der Waals surface area contributed by atoms with E-state index in [2.05, 4.69) is 15.3 Å². The molecule has 1 heterocycles. The molecule has 0 amide bonds. The Morgan fingerprint density at radius 1 is 1.19 bits per heavy atom. The predicted octanol–water partition coefficient (Wildman–Crippen LogP) is 3.11. The number of benzene rings is 2. The molecule has 26 heavy (non-hydrogen) atoms. The van der Waals surface area contributed by atoms with Gasteiger partial charge in [-0.1, -0.05) is 24.3 Å². The number of ether oxygens (including phenoxy) is 1. The molecular weight excluding hydrogens is 328 g/mol. The number of hydrogen-bond acceptors (Lipinski definition) is 6. The third-order valence-corrected chi connectivity index (χ3v) is 4.13. The molecule has 0 spiro atoms. The number of nitrogens with zero attached hydrogens (tertiary/aromatic N) is 2. The maximum absolute atomic E-state index is 11.6. The van der Waals surface area contributed by atoms with Crippen molar-refractivity contribution < 1.29 is 9.53 Å². The predicted molar refractivity (Wildman–Crippen MR) is 102 cm³/mol. The van der Waals surface area contributed by atoms with E-state index in [-0.39, 0.29) is 5.97 Å². The molecule has 0 saturated carbocycles. The van der Waals surface area contributed by atoms with Crippen LogP contribution < -0.4 is 11.1 Å². The second-order valence-electron chi connectivity index (χ2n) is 6.08. The number of aromatic nitrogens is 2. The minimum Gasteiger partial charge on any atom is -0.465 e. The number of aryl methyl sites for hydroxylation is 1. The Hall–Kier alpha value is -2.99. The first-order valence-corrected chi connectivity index (χ1v) is 8.57. The first-order valence-electron chi connectivity index (χ1n) is 8.57. The van der Waals surface area contributed by atoms with Gasteiger partial charge in [0.15, 0.2) is 0 Å². The van der Waals surface area contributed by atoms with Crippen LogP contribution in [0.3, 0.4) is 0 Å². The zero-order valence-corrected chi connectivity index (χ0v) is 14.9. The maximum Gasteiger partial charge on any atom is 0.323 e. The molecule has 0 aliphatic rings. The van der Waals surface area contributed by atoms with Gasteiger partial charge in [-0.3, -0.25) is 4.79 Å². The Labute approximate surface area is 152 Å². The lowest BCUT2D eigenvalue weighted by atomic mass is 10.1. The molecule has 6 nitrogen and oxygen atoms in total. The summed E-state index contributed by atoms with van der Waals surface area (Å²) in [6, 6.07) is 13.1. The molecule has 0 aliphatic carbocycles. The van der Waals surface area contributed by atoms with Crippen molar-refractivity contribution in [1.82, 2.24) is 9.97 Å². The van der Waals surface area contributed by atoms with Gasteiger partial charge < -0.3 is 15.8 Å². The number of nitrogens with one attached hydrogen (secondary N) is 1. The number of carbonyl (C=O) groups is 1. The van der Waals surface area contributed by atoms with E-state index in [1.807, 2.05) is 49.4 Å². The maximum atomic E-state index is 11.6. The number of esters is 1. The number of hydrogen-bond donors (Lipinski definition) is 2. The third kappa shape index (κ3) is 3.97. The van der Waals surface area contributed by atoms with Crippen LogP contribution in [0.5, 0.6) is 0 Å². The summed E-state index contributed by atoms with van der Waals surface area (Å²) in [5.74, 6) is 0.390. The topological polar surface area (TPSA) is 90.1 Å².